The Bertz CT molecular complexity index is 527. The molecule has 2 heteroatoms. The normalized spacial score (nSPS) is 13.3. The molecule has 104 valence electrons. The monoisotopic (exact) mass is 259 g/mol. The van der Waals surface area contributed by atoms with E-state index in [1.54, 1.807) is 0 Å². The third kappa shape index (κ3) is 3.01. The largest absolute Gasteiger partial charge is 0.459 e. The molecule has 0 aliphatic rings. The summed E-state index contributed by atoms with van der Waals surface area (Å²) in [6.45, 7) is 9.87. The van der Waals surface area contributed by atoms with Gasteiger partial charge >= 0.3 is 0 Å². The van der Waals surface area contributed by atoms with Crippen LogP contribution < -0.4 is 5.32 Å². The van der Waals surface area contributed by atoms with E-state index in [1.165, 1.54) is 10.9 Å². The first kappa shape index (κ1) is 14.1. The van der Waals surface area contributed by atoms with Gasteiger partial charge in [-0.2, -0.15) is 0 Å². The van der Waals surface area contributed by atoms with E-state index >= 15 is 0 Å². The average Bonchev–Trinajstić information content (AvgIpc) is 2.82. The molecule has 19 heavy (non-hydrogen) atoms. The maximum atomic E-state index is 6.15. The summed E-state index contributed by atoms with van der Waals surface area (Å²) in [6.07, 6.45) is 2.16. The van der Waals surface area contributed by atoms with Gasteiger partial charge in [0.2, 0.25) is 0 Å². The lowest BCUT2D eigenvalue weighted by molar-refractivity contribution is 0.351. The zero-order chi connectivity index (χ0) is 13.8. The molecular weight excluding hydrogens is 234 g/mol. The predicted molar refractivity (Wildman–Crippen MR) is 81.5 cm³/mol. The van der Waals surface area contributed by atoms with E-state index in [0.717, 1.165) is 30.7 Å². The van der Waals surface area contributed by atoms with Gasteiger partial charge in [0.1, 0.15) is 11.3 Å². The highest BCUT2D eigenvalue weighted by Gasteiger charge is 2.19. The molecule has 0 saturated heterocycles. The van der Waals surface area contributed by atoms with Gasteiger partial charge in [0.15, 0.2) is 0 Å². The zero-order valence-corrected chi connectivity index (χ0v) is 12.5. The van der Waals surface area contributed by atoms with Crippen LogP contribution in [-0.4, -0.2) is 6.54 Å². The Balaban J connectivity index is 2.37. The van der Waals surface area contributed by atoms with Crippen molar-refractivity contribution in [1.29, 1.82) is 0 Å². The fraction of sp³-hybridized carbons (Fsp3) is 0.529. The molecule has 2 rings (SSSR count). The molecule has 1 N–H and O–H groups in total. The van der Waals surface area contributed by atoms with Crippen molar-refractivity contribution in [2.45, 2.75) is 46.6 Å². The van der Waals surface area contributed by atoms with Gasteiger partial charge in [0.25, 0.3) is 0 Å². The lowest BCUT2D eigenvalue weighted by Crippen LogP contribution is -2.25. The molecule has 0 aliphatic carbocycles. The Hall–Kier alpha value is -1.28. The Morgan fingerprint density at radius 1 is 1.21 bits per heavy atom. The molecule has 2 nitrogen and oxygen atoms in total. The number of aryl methyl sites for hydroxylation is 1. The van der Waals surface area contributed by atoms with Crippen LogP contribution in [0.4, 0.5) is 0 Å². The molecule has 0 spiro atoms. The van der Waals surface area contributed by atoms with Crippen LogP contribution in [0, 0.1) is 5.92 Å². The van der Waals surface area contributed by atoms with E-state index in [0.29, 0.717) is 12.0 Å². The molecule has 1 unspecified atom stereocenters. The number of rotatable bonds is 6. The number of fused-ring (bicyclic) bond motifs is 1. The lowest BCUT2D eigenvalue weighted by atomic mass is 10.0. The first-order chi connectivity index (χ1) is 9.17. The molecule has 1 atom stereocenters. The van der Waals surface area contributed by atoms with Crippen molar-refractivity contribution in [3.8, 4) is 0 Å². The quantitative estimate of drug-likeness (QED) is 0.814. The smallest absolute Gasteiger partial charge is 0.137 e. The van der Waals surface area contributed by atoms with Gasteiger partial charge in [-0.25, -0.2) is 0 Å². The van der Waals surface area contributed by atoms with E-state index in [1.807, 2.05) is 0 Å². The van der Waals surface area contributed by atoms with Crippen LogP contribution in [0.1, 0.15) is 51.5 Å². The standard InChI is InChI=1S/C17H25NO/c1-5-10-18-16(12(3)4)15-11-14-9-7-8-13(6-2)17(14)19-15/h7-9,11-12,16,18H,5-6,10H2,1-4H3. The summed E-state index contributed by atoms with van der Waals surface area (Å²) >= 11 is 0. The summed E-state index contributed by atoms with van der Waals surface area (Å²) in [4.78, 5) is 0. The second kappa shape index (κ2) is 6.25. The van der Waals surface area contributed by atoms with Gasteiger partial charge in [0, 0.05) is 5.39 Å². The van der Waals surface area contributed by atoms with Crippen LogP contribution in [-0.2, 0) is 6.42 Å². The molecule has 1 heterocycles. The summed E-state index contributed by atoms with van der Waals surface area (Å²) in [5, 5.41) is 4.81. The maximum Gasteiger partial charge on any atom is 0.137 e. The number of para-hydroxylation sites is 1. The summed E-state index contributed by atoms with van der Waals surface area (Å²) in [7, 11) is 0. The molecule has 0 fully saturated rings. The van der Waals surface area contributed by atoms with E-state index in [4.69, 9.17) is 4.42 Å². The minimum Gasteiger partial charge on any atom is -0.459 e. The van der Waals surface area contributed by atoms with Gasteiger partial charge in [-0.1, -0.05) is 45.9 Å². The Morgan fingerprint density at radius 3 is 2.63 bits per heavy atom. The molecule has 0 saturated carbocycles. The van der Waals surface area contributed by atoms with Crippen molar-refractivity contribution in [3.63, 3.8) is 0 Å². The van der Waals surface area contributed by atoms with Crippen LogP contribution in [0.25, 0.3) is 11.0 Å². The van der Waals surface area contributed by atoms with Crippen LogP contribution in [0.3, 0.4) is 0 Å². The fourth-order valence-corrected chi connectivity index (χ4v) is 2.54. The molecule has 0 amide bonds. The van der Waals surface area contributed by atoms with E-state index in [-0.39, 0.29) is 0 Å². The van der Waals surface area contributed by atoms with Gasteiger partial charge in [0.05, 0.1) is 6.04 Å². The van der Waals surface area contributed by atoms with Crippen molar-refractivity contribution in [1.82, 2.24) is 5.32 Å². The summed E-state index contributed by atoms with van der Waals surface area (Å²) in [5.41, 5.74) is 2.35. The van der Waals surface area contributed by atoms with Gasteiger partial charge in [-0.3, -0.25) is 0 Å². The third-order valence-electron chi connectivity index (χ3n) is 3.61. The molecule has 0 bridgehead atoms. The number of benzene rings is 1. The Kier molecular flexibility index (Phi) is 4.65. The van der Waals surface area contributed by atoms with Crippen molar-refractivity contribution in [2.24, 2.45) is 5.92 Å². The number of hydrogen-bond acceptors (Lipinski definition) is 2. The van der Waals surface area contributed by atoms with E-state index in [9.17, 15) is 0 Å². The highest BCUT2D eigenvalue weighted by atomic mass is 16.3. The van der Waals surface area contributed by atoms with Crippen LogP contribution in [0.2, 0.25) is 0 Å². The first-order valence-corrected chi connectivity index (χ1v) is 7.42. The van der Waals surface area contributed by atoms with Crippen molar-refractivity contribution < 1.29 is 4.42 Å². The zero-order valence-electron chi connectivity index (χ0n) is 12.5. The molecule has 1 aromatic heterocycles. The van der Waals surface area contributed by atoms with Crippen molar-refractivity contribution in [2.75, 3.05) is 6.54 Å². The Morgan fingerprint density at radius 2 is 2.00 bits per heavy atom. The molecular formula is C17H25NO. The molecule has 1 aromatic carbocycles. The minimum absolute atomic E-state index is 0.303. The number of nitrogens with one attached hydrogen (secondary N) is 1. The first-order valence-electron chi connectivity index (χ1n) is 7.42. The number of furan rings is 1. The van der Waals surface area contributed by atoms with Crippen LogP contribution in [0.15, 0.2) is 28.7 Å². The van der Waals surface area contributed by atoms with Crippen LogP contribution in [0.5, 0.6) is 0 Å². The van der Waals surface area contributed by atoms with E-state index in [2.05, 4.69) is 57.3 Å². The fourth-order valence-electron chi connectivity index (χ4n) is 2.54. The molecule has 0 radical (unpaired) electrons. The van der Waals surface area contributed by atoms with Crippen LogP contribution >= 0.6 is 0 Å². The summed E-state index contributed by atoms with van der Waals surface area (Å²) in [6, 6.07) is 8.90. The Labute approximate surface area is 116 Å². The highest BCUT2D eigenvalue weighted by molar-refractivity contribution is 5.81. The highest BCUT2D eigenvalue weighted by Crippen LogP contribution is 2.30. The van der Waals surface area contributed by atoms with Gasteiger partial charge < -0.3 is 9.73 Å². The lowest BCUT2D eigenvalue weighted by Gasteiger charge is -2.19. The second-order valence-corrected chi connectivity index (χ2v) is 5.51. The minimum atomic E-state index is 0.303. The van der Waals surface area contributed by atoms with Gasteiger partial charge in [-0.15, -0.1) is 0 Å². The van der Waals surface area contributed by atoms with E-state index < -0.39 is 0 Å². The number of hydrogen-bond donors (Lipinski definition) is 1. The van der Waals surface area contributed by atoms with Gasteiger partial charge in [-0.05, 0) is 36.9 Å². The predicted octanol–water partition coefficient (Wildman–Crippen LogP) is 4.69. The molecule has 2 aromatic rings. The molecule has 0 aliphatic heterocycles. The topological polar surface area (TPSA) is 25.2 Å². The third-order valence-corrected chi connectivity index (χ3v) is 3.61. The van der Waals surface area contributed by atoms with Crippen molar-refractivity contribution >= 4 is 11.0 Å². The van der Waals surface area contributed by atoms with Crippen molar-refractivity contribution in [3.05, 3.63) is 35.6 Å². The average molecular weight is 259 g/mol. The summed E-state index contributed by atoms with van der Waals surface area (Å²) < 4.78 is 6.15. The summed E-state index contributed by atoms with van der Waals surface area (Å²) in [5.74, 6) is 1.59. The maximum absolute atomic E-state index is 6.15. The SMILES string of the molecule is CCCNC(c1cc2cccc(CC)c2o1)C(C)C. The second-order valence-electron chi connectivity index (χ2n) is 5.51.